The summed E-state index contributed by atoms with van der Waals surface area (Å²) >= 11 is 5.42. The van der Waals surface area contributed by atoms with Gasteiger partial charge in [0.2, 0.25) is 16.3 Å². The monoisotopic (exact) mass is 840 g/mol. The zero-order chi connectivity index (χ0) is 41.7. The molecule has 3 heterocycles. The molecule has 0 aliphatic carbocycles. The van der Waals surface area contributed by atoms with Crippen LogP contribution < -0.4 is 16.3 Å². The molecule has 0 radical (unpaired) electrons. The highest BCUT2D eigenvalue weighted by molar-refractivity contribution is 6.17. The number of rotatable bonds is 7. The Morgan fingerprint density at radius 3 is 1.13 bits per heavy atom. The molecule has 308 valence electrons. The van der Waals surface area contributed by atoms with E-state index in [0.29, 0.717) is 18.2 Å². The van der Waals surface area contributed by atoms with Crippen LogP contribution in [0.2, 0.25) is 0 Å². The Kier molecular flexibility index (Phi) is 17.6. The van der Waals surface area contributed by atoms with Crippen LogP contribution in [0.5, 0.6) is 17.2 Å². The van der Waals surface area contributed by atoms with Gasteiger partial charge in [-0.3, -0.25) is 14.4 Å². The molecular formula is C29H35Cl2F9N4O10. The zero-order valence-electron chi connectivity index (χ0n) is 28.4. The van der Waals surface area contributed by atoms with Crippen LogP contribution >= 0.6 is 24.0 Å². The largest absolute Gasteiger partial charge is 0.503 e. The van der Waals surface area contributed by atoms with Crippen LogP contribution in [0.3, 0.4) is 0 Å². The minimum Gasteiger partial charge on any atom is -0.503 e. The zero-order valence-corrected chi connectivity index (χ0v) is 30.0. The Balaban J connectivity index is 0.000000775. The van der Waals surface area contributed by atoms with Gasteiger partial charge in [-0.25, -0.2) is 0 Å². The first-order valence-electron chi connectivity index (χ1n) is 14.3. The Morgan fingerprint density at radius 2 is 0.870 bits per heavy atom. The van der Waals surface area contributed by atoms with Crippen molar-refractivity contribution in [2.75, 3.05) is 14.1 Å². The fourth-order valence-electron chi connectivity index (χ4n) is 4.37. The minimum atomic E-state index is -4.94. The number of aromatic nitrogens is 3. The third-order valence-corrected chi connectivity index (χ3v) is 7.50. The lowest BCUT2D eigenvalue weighted by molar-refractivity contribution is -0.209. The third kappa shape index (κ3) is 12.0. The molecule has 7 N–H and O–H groups in total. The lowest BCUT2D eigenvalue weighted by Crippen LogP contribution is -2.28. The maximum absolute atomic E-state index is 12.5. The van der Waals surface area contributed by atoms with E-state index in [0.717, 1.165) is 20.7 Å². The van der Waals surface area contributed by atoms with Gasteiger partial charge < -0.3 is 54.3 Å². The van der Waals surface area contributed by atoms with Gasteiger partial charge in [0, 0.05) is 45.9 Å². The van der Waals surface area contributed by atoms with E-state index in [1.165, 1.54) is 14.1 Å². The molecule has 54 heavy (non-hydrogen) atoms. The van der Waals surface area contributed by atoms with Crippen molar-refractivity contribution in [2.24, 2.45) is 21.1 Å². The lowest BCUT2D eigenvalue weighted by Gasteiger charge is -2.22. The quantitative estimate of drug-likeness (QED) is 0.136. The highest BCUT2D eigenvalue weighted by atomic mass is 35.5. The summed E-state index contributed by atoms with van der Waals surface area (Å²) < 4.78 is 114. The van der Waals surface area contributed by atoms with Gasteiger partial charge in [0.15, 0.2) is 35.6 Å². The molecule has 25 heteroatoms. The molecule has 0 aliphatic rings. The highest BCUT2D eigenvalue weighted by Crippen LogP contribution is 2.35. The van der Waals surface area contributed by atoms with Gasteiger partial charge in [-0.05, 0) is 14.1 Å². The predicted octanol–water partition coefficient (Wildman–Crippen LogP) is 2.77. The summed E-state index contributed by atoms with van der Waals surface area (Å²) in [5, 5.41) is 64.3. The molecule has 0 bridgehead atoms. The van der Waals surface area contributed by atoms with Crippen molar-refractivity contribution in [3.63, 3.8) is 0 Å². The Bertz CT molecular complexity index is 1840. The summed E-state index contributed by atoms with van der Waals surface area (Å²) in [5.74, 6) is -2.53. The Labute approximate surface area is 309 Å². The van der Waals surface area contributed by atoms with Crippen LogP contribution in [-0.2, 0) is 40.2 Å². The van der Waals surface area contributed by atoms with Crippen molar-refractivity contribution < 1.29 is 75.3 Å². The van der Waals surface area contributed by atoms with Crippen LogP contribution in [0.4, 0.5) is 39.5 Å². The minimum absolute atomic E-state index is 0. The number of halogens is 11. The van der Waals surface area contributed by atoms with Crippen molar-refractivity contribution in [1.29, 1.82) is 0 Å². The molecule has 0 saturated carbocycles. The summed E-state index contributed by atoms with van der Waals surface area (Å²) in [4.78, 5) is 35.4. The fourth-order valence-corrected chi connectivity index (χ4v) is 4.68. The topological polar surface area (TPSA) is 211 Å². The maximum Gasteiger partial charge on any atom is 0.420 e. The van der Waals surface area contributed by atoms with Gasteiger partial charge in [0.1, 0.15) is 0 Å². The van der Waals surface area contributed by atoms with Crippen molar-refractivity contribution in [3.05, 3.63) is 83.0 Å². The van der Waals surface area contributed by atoms with Gasteiger partial charge in [-0.1, -0.05) is 0 Å². The van der Waals surface area contributed by atoms with E-state index >= 15 is 0 Å². The van der Waals surface area contributed by atoms with Gasteiger partial charge in [-0.2, -0.15) is 39.5 Å². The van der Waals surface area contributed by atoms with Crippen molar-refractivity contribution in [2.45, 2.75) is 55.9 Å². The molecule has 3 unspecified atom stereocenters. The van der Waals surface area contributed by atoms with Crippen LogP contribution in [0.1, 0.15) is 52.5 Å². The van der Waals surface area contributed by atoms with Crippen LogP contribution in [0, 0.1) is 0 Å². The standard InChI is InChI=1S/C11H15F3N2O3.C9H9ClF3NO3.C9H10F3NO4.ClH/c1-15(2)5-7-9(18)8(17)4-6(16(7)3)10(19)11(12,13)14;1-14-4(8(17)9(11,12)13)2-6(15)7(16)5(14)3-10;1-13-4(8(17)9(10,11)12)2-6(15)7(16)5(13)3-14;/h4,10,18-19H,5H2,1-3H3;2,8,16-17H,3H2,1H3;2,8,14,16-17H,3H2,1H3;1H. The molecule has 3 rings (SSSR count). The first-order chi connectivity index (χ1) is 23.9. The van der Waals surface area contributed by atoms with Gasteiger partial charge in [0.05, 0.1) is 46.7 Å². The van der Waals surface area contributed by atoms with Crippen molar-refractivity contribution in [1.82, 2.24) is 18.6 Å². The number of aromatic hydroxyl groups is 3. The molecule has 3 atom stereocenters. The van der Waals surface area contributed by atoms with Crippen LogP contribution in [-0.4, -0.2) is 87.0 Å². The summed E-state index contributed by atoms with van der Waals surface area (Å²) in [7, 11) is 6.78. The average molecular weight is 842 g/mol. The molecule has 0 fully saturated rings. The van der Waals surface area contributed by atoms with Gasteiger partial charge in [-0.15, -0.1) is 24.0 Å². The second-order valence-electron chi connectivity index (χ2n) is 11.2. The van der Waals surface area contributed by atoms with Crippen LogP contribution in [0.15, 0.2) is 32.6 Å². The number of hydrogen-bond donors (Lipinski definition) is 7. The van der Waals surface area contributed by atoms with Crippen LogP contribution in [0.25, 0.3) is 0 Å². The molecule has 0 aromatic carbocycles. The molecule has 0 amide bonds. The molecule has 3 aromatic heterocycles. The summed E-state index contributed by atoms with van der Waals surface area (Å²) in [6.07, 6.45) is -23.1. The second kappa shape index (κ2) is 19.0. The first-order valence-corrected chi connectivity index (χ1v) is 14.8. The van der Waals surface area contributed by atoms with E-state index in [9.17, 15) is 74.3 Å². The molecule has 0 spiro atoms. The molecular weight excluding hydrogens is 806 g/mol. The average Bonchev–Trinajstić information content (AvgIpc) is 3.03. The third-order valence-electron chi connectivity index (χ3n) is 7.25. The fraction of sp³-hybridized carbons (Fsp3) is 0.483. The Morgan fingerprint density at radius 1 is 0.611 bits per heavy atom. The molecule has 14 nitrogen and oxygen atoms in total. The number of hydrogen-bond acceptors (Lipinski definition) is 11. The maximum atomic E-state index is 12.5. The van der Waals surface area contributed by atoms with E-state index in [1.807, 2.05) is 0 Å². The predicted molar refractivity (Wildman–Crippen MR) is 173 cm³/mol. The Hall–Kier alpha value is -4.00. The van der Waals surface area contributed by atoms with E-state index in [-0.39, 0.29) is 36.2 Å². The molecule has 0 saturated heterocycles. The summed E-state index contributed by atoms with van der Waals surface area (Å²) in [6.45, 7) is -0.758. The number of aliphatic hydroxyl groups excluding tert-OH is 4. The number of aliphatic hydroxyl groups is 4. The second-order valence-corrected chi connectivity index (χ2v) is 11.5. The van der Waals surface area contributed by atoms with E-state index in [4.69, 9.17) is 26.9 Å². The van der Waals surface area contributed by atoms with E-state index in [1.54, 1.807) is 19.0 Å². The van der Waals surface area contributed by atoms with Crippen molar-refractivity contribution in [3.8, 4) is 17.2 Å². The smallest absolute Gasteiger partial charge is 0.420 e. The SMILES string of the molecule is CN(C)Cc1c(O)c(=O)cc(C(O)C(F)(F)F)n1C.Cl.Cn1c(C(O)C(F)(F)F)cc(=O)c(O)c1CCl.Cn1c(C(O)C(F)(F)F)cc(=O)c(O)c1CO. The lowest BCUT2D eigenvalue weighted by atomic mass is 10.1. The molecule has 0 aliphatic heterocycles. The van der Waals surface area contributed by atoms with E-state index in [2.05, 4.69) is 0 Å². The number of nitrogens with zero attached hydrogens (tertiary/aromatic N) is 4. The normalized spacial score (nSPS) is 13.6. The highest BCUT2D eigenvalue weighted by Gasteiger charge is 2.43. The number of alkyl halides is 10. The first kappa shape index (κ1) is 50.0. The summed E-state index contributed by atoms with van der Waals surface area (Å²) in [6, 6.07) is 1.60. The van der Waals surface area contributed by atoms with E-state index < -0.39 is 99.8 Å². The molecule has 3 aromatic rings. The summed E-state index contributed by atoms with van der Waals surface area (Å²) in [5.41, 5.74) is -5.65. The number of pyridine rings is 3. The van der Waals surface area contributed by atoms with Crippen molar-refractivity contribution >= 4 is 24.0 Å². The van der Waals surface area contributed by atoms with Gasteiger partial charge >= 0.3 is 18.5 Å². The van der Waals surface area contributed by atoms with Gasteiger partial charge in [0.25, 0.3) is 0 Å².